The molecule has 9 heteroatoms. The van der Waals surface area contributed by atoms with Gasteiger partial charge in [0, 0.05) is 25.0 Å². The topological polar surface area (TPSA) is 108 Å². The molecule has 2 atom stereocenters. The van der Waals surface area contributed by atoms with Crippen molar-refractivity contribution in [2.24, 2.45) is 7.05 Å². The lowest BCUT2D eigenvalue weighted by Gasteiger charge is -2.16. The molecule has 0 aliphatic carbocycles. The summed E-state index contributed by atoms with van der Waals surface area (Å²) in [6, 6.07) is 5.07. The van der Waals surface area contributed by atoms with Gasteiger partial charge in [0.05, 0.1) is 48.6 Å². The van der Waals surface area contributed by atoms with Gasteiger partial charge in [-0.25, -0.2) is 9.97 Å². The second-order valence-electron chi connectivity index (χ2n) is 7.50. The van der Waals surface area contributed by atoms with Gasteiger partial charge in [-0.05, 0) is 24.6 Å². The summed E-state index contributed by atoms with van der Waals surface area (Å²) in [7, 11) is 1.82. The van der Waals surface area contributed by atoms with Gasteiger partial charge in [0.15, 0.2) is 0 Å². The average Bonchev–Trinajstić information content (AvgIpc) is 3.36. The number of rotatable bonds is 3. The van der Waals surface area contributed by atoms with Crippen molar-refractivity contribution in [3.8, 4) is 22.6 Å². The smallest absolute Gasteiger partial charge is 0.261 e. The number of hydrogen-bond donors (Lipinski definition) is 1. The summed E-state index contributed by atoms with van der Waals surface area (Å²) >= 11 is 0. The molecule has 0 saturated carbocycles. The van der Waals surface area contributed by atoms with Crippen LogP contribution in [0.5, 0.6) is 0 Å². The number of aliphatic hydroxyl groups is 1. The van der Waals surface area contributed by atoms with Crippen LogP contribution in [0, 0.1) is 6.92 Å². The average molecular weight is 404 g/mol. The minimum atomic E-state index is -0.750. The van der Waals surface area contributed by atoms with Crippen molar-refractivity contribution in [2.45, 2.75) is 19.1 Å². The van der Waals surface area contributed by atoms with Crippen LogP contribution in [0.2, 0.25) is 0 Å². The Hall–Kier alpha value is -3.43. The molecule has 9 nitrogen and oxygen atoms in total. The van der Waals surface area contributed by atoms with Gasteiger partial charge in [-0.2, -0.15) is 5.10 Å². The van der Waals surface area contributed by atoms with Crippen LogP contribution in [0.1, 0.15) is 11.6 Å². The summed E-state index contributed by atoms with van der Waals surface area (Å²) in [5, 5.41) is 14.8. The lowest BCUT2D eigenvalue weighted by atomic mass is 10.1. The fourth-order valence-electron chi connectivity index (χ4n) is 3.67. The molecule has 5 heterocycles. The predicted molar refractivity (Wildman–Crippen MR) is 110 cm³/mol. The molecule has 0 radical (unpaired) electrons. The first-order valence-electron chi connectivity index (χ1n) is 9.61. The van der Waals surface area contributed by atoms with Crippen molar-refractivity contribution >= 4 is 10.9 Å². The van der Waals surface area contributed by atoms with Crippen LogP contribution >= 0.6 is 0 Å². The molecule has 4 aromatic rings. The van der Waals surface area contributed by atoms with Crippen LogP contribution in [0.3, 0.4) is 0 Å². The number of fused-ring (bicyclic) bond motifs is 1. The largest absolute Gasteiger partial charge is 0.388 e. The molecule has 0 unspecified atom stereocenters. The lowest BCUT2D eigenvalue weighted by Crippen LogP contribution is -2.32. The zero-order valence-corrected chi connectivity index (χ0v) is 16.6. The number of hydrogen-bond acceptors (Lipinski definition) is 7. The highest BCUT2D eigenvalue weighted by Crippen LogP contribution is 2.28. The van der Waals surface area contributed by atoms with Crippen molar-refractivity contribution in [1.29, 1.82) is 0 Å². The first kappa shape index (κ1) is 18.6. The van der Waals surface area contributed by atoms with E-state index in [2.05, 4.69) is 15.1 Å². The van der Waals surface area contributed by atoms with Crippen molar-refractivity contribution in [1.82, 2.24) is 29.3 Å². The minimum Gasteiger partial charge on any atom is -0.388 e. The molecule has 0 spiro atoms. The van der Waals surface area contributed by atoms with Gasteiger partial charge in [-0.1, -0.05) is 6.07 Å². The molecule has 1 saturated heterocycles. The van der Waals surface area contributed by atoms with E-state index >= 15 is 0 Å². The zero-order chi connectivity index (χ0) is 20.8. The third kappa shape index (κ3) is 3.08. The molecule has 0 amide bonds. The number of aromatic nitrogens is 6. The molecule has 4 aromatic heterocycles. The van der Waals surface area contributed by atoms with Crippen molar-refractivity contribution in [3.63, 3.8) is 0 Å². The summed E-state index contributed by atoms with van der Waals surface area (Å²) in [4.78, 5) is 27.1. The third-order valence-electron chi connectivity index (χ3n) is 5.30. The van der Waals surface area contributed by atoms with Crippen molar-refractivity contribution < 1.29 is 9.84 Å². The second kappa shape index (κ2) is 7.12. The molecule has 5 rings (SSSR count). The molecular weight excluding hydrogens is 384 g/mol. The molecule has 1 aliphatic heterocycles. The second-order valence-corrected chi connectivity index (χ2v) is 7.50. The van der Waals surface area contributed by atoms with Gasteiger partial charge in [0.2, 0.25) is 0 Å². The Morgan fingerprint density at radius 2 is 2.03 bits per heavy atom. The Morgan fingerprint density at radius 3 is 2.70 bits per heavy atom. The van der Waals surface area contributed by atoms with Gasteiger partial charge in [0.25, 0.3) is 5.56 Å². The van der Waals surface area contributed by atoms with Gasteiger partial charge in [-0.15, -0.1) is 0 Å². The molecule has 1 aliphatic rings. The minimum absolute atomic E-state index is 0.199. The predicted octanol–water partition coefficient (Wildman–Crippen LogP) is 1.49. The highest BCUT2D eigenvalue weighted by Gasteiger charge is 2.29. The lowest BCUT2D eigenvalue weighted by molar-refractivity contribution is 0.119. The molecule has 152 valence electrons. The highest BCUT2D eigenvalue weighted by molar-refractivity contribution is 5.93. The molecule has 1 fully saturated rings. The number of ether oxygens (including phenoxy) is 1. The quantitative estimate of drug-likeness (QED) is 0.551. The standard InChI is InChI=1S/C21H20N6O3/c1-12-3-4-15(22-6-12)16-5-14-20(19(25-16)13-7-24-26(2)8-13)23-11-27(21(14)29)17-9-30-10-18(17)28/h3-8,11,17-18,28H,9-10H2,1-2H3/t17-,18+/m1/s1. The summed E-state index contributed by atoms with van der Waals surface area (Å²) in [6.45, 7) is 2.43. The normalized spacial score (nSPS) is 18.9. The number of nitrogens with zero attached hydrogens (tertiary/aromatic N) is 6. The maximum Gasteiger partial charge on any atom is 0.261 e. The van der Waals surface area contributed by atoms with E-state index in [1.807, 2.05) is 32.3 Å². The Morgan fingerprint density at radius 1 is 1.17 bits per heavy atom. The van der Waals surface area contributed by atoms with E-state index in [1.165, 1.54) is 10.9 Å². The summed E-state index contributed by atoms with van der Waals surface area (Å²) in [5.74, 6) is 0. The van der Waals surface area contributed by atoms with E-state index in [0.29, 0.717) is 28.0 Å². The SMILES string of the molecule is Cc1ccc(-c2cc3c(=O)n([C@@H]4COC[C@@H]4O)cnc3c(-c3cnn(C)c3)n2)nc1. The van der Waals surface area contributed by atoms with E-state index in [4.69, 9.17) is 9.72 Å². The monoisotopic (exact) mass is 404 g/mol. The number of pyridine rings is 2. The van der Waals surface area contributed by atoms with Gasteiger partial charge < -0.3 is 9.84 Å². The Balaban J connectivity index is 1.78. The fourth-order valence-corrected chi connectivity index (χ4v) is 3.67. The molecular formula is C21H20N6O3. The Bertz CT molecular complexity index is 1290. The van der Waals surface area contributed by atoms with Crippen molar-refractivity contribution in [2.75, 3.05) is 13.2 Å². The molecule has 1 N–H and O–H groups in total. The fraction of sp³-hybridized carbons (Fsp3) is 0.286. The maximum atomic E-state index is 13.4. The maximum absolute atomic E-state index is 13.4. The van der Waals surface area contributed by atoms with Gasteiger partial charge in [-0.3, -0.25) is 19.0 Å². The van der Waals surface area contributed by atoms with Crippen LogP contribution in [0.25, 0.3) is 33.5 Å². The molecule has 30 heavy (non-hydrogen) atoms. The Labute approximate surface area is 171 Å². The van der Waals surface area contributed by atoms with E-state index in [1.54, 1.807) is 23.1 Å². The van der Waals surface area contributed by atoms with Gasteiger partial charge in [0.1, 0.15) is 17.3 Å². The van der Waals surface area contributed by atoms with E-state index in [-0.39, 0.29) is 18.8 Å². The first-order valence-corrected chi connectivity index (χ1v) is 9.61. The Kier molecular flexibility index (Phi) is 4.41. The number of aliphatic hydroxyl groups excluding tert-OH is 1. The third-order valence-corrected chi connectivity index (χ3v) is 5.30. The zero-order valence-electron chi connectivity index (χ0n) is 16.6. The van der Waals surface area contributed by atoms with Crippen LogP contribution < -0.4 is 5.56 Å². The summed E-state index contributed by atoms with van der Waals surface area (Å²) in [6.07, 6.45) is 5.99. The summed E-state index contributed by atoms with van der Waals surface area (Å²) < 4.78 is 8.44. The van der Waals surface area contributed by atoms with Crippen molar-refractivity contribution in [3.05, 3.63) is 59.0 Å². The van der Waals surface area contributed by atoms with Crippen LogP contribution in [-0.4, -0.2) is 53.7 Å². The number of aryl methyl sites for hydroxylation is 2. The summed E-state index contributed by atoms with van der Waals surface area (Å²) in [5.41, 5.74) is 3.80. The van der Waals surface area contributed by atoms with E-state index in [0.717, 1.165) is 11.1 Å². The first-order chi connectivity index (χ1) is 14.5. The van der Waals surface area contributed by atoms with E-state index < -0.39 is 12.1 Å². The van der Waals surface area contributed by atoms with E-state index in [9.17, 15) is 9.90 Å². The van der Waals surface area contributed by atoms with Gasteiger partial charge >= 0.3 is 0 Å². The van der Waals surface area contributed by atoms with Crippen LogP contribution in [0.15, 0.2) is 47.9 Å². The highest BCUT2D eigenvalue weighted by atomic mass is 16.5. The van der Waals surface area contributed by atoms with Crippen LogP contribution in [-0.2, 0) is 11.8 Å². The molecule has 0 aromatic carbocycles. The molecule has 0 bridgehead atoms. The van der Waals surface area contributed by atoms with Crippen LogP contribution in [0.4, 0.5) is 0 Å².